The second kappa shape index (κ2) is 7.40. The highest BCUT2D eigenvalue weighted by atomic mass is 35.5. The summed E-state index contributed by atoms with van der Waals surface area (Å²) in [6.07, 6.45) is 6.45. The third kappa shape index (κ3) is 3.31. The zero-order valence-corrected chi connectivity index (χ0v) is 16.0. The molecule has 0 fully saturated rings. The van der Waals surface area contributed by atoms with Gasteiger partial charge in [-0.1, -0.05) is 23.2 Å². The molecule has 146 valence electrons. The summed E-state index contributed by atoms with van der Waals surface area (Å²) in [4.78, 5) is 15.0. The Morgan fingerprint density at radius 3 is 2.79 bits per heavy atom. The number of ether oxygens (including phenoxy) is 1. The van der Waals surface area contributed by atoms with Gasteiger partial charge in [0.05, 0.1) is 10.7 Å². The Bertz CT molecular complexity index is 1020. The molecule has 2 heterocycles. The average Bonchev–Trinajstić information content (AvgIpc) is 3.01. The Morgan fingerprint density at radius 2 is 2.04 bits per heavy atom. The molecule has 8 nitrogen and oxygen atoms in total. The van der Waals surface area contributed by atoms with Gasteiger partial charge >= 0.3 is 6.02 Å². The first kappa shape index (κ1) is 18.7. The molecule has 0 saturated heterocycles. The second-order valence-corrected chi connectivity index (χ2v) is 7.05. The van der Waals surface area contributed by atoms with E-state index in [1.165, 1.54) is 23.0 Å². The smallest absolute Gasteiger partial charge is 0.358 e. The van der Waals surface area contributed by atoms with Crippen LogP contribution in [0, 0.1) is 15.9 Å². The van der Waals surface area contributed by atoms with E-state index in [9.17, 15) is 14.5 Å². The van der Waals surface area contributed by atoms with E-state index in [4.69, 9.17) is 27.9 Å². The summed E-state index contributed by atoms with van der Waals surface area (Å²) in [7, 11) is 0. The van der Waals surface area contributed by atoms with Gasteiger partial charge in [-0.25, -0.2) is 24.2 Å². The molecule has 0 atom stereocenters. The molecule has 0 N–H and O–H groups in total. The Labute approximate surface area is 168 Å². The summed E-state index contributed by atoms with van der Waals surface area (Å²) >= 11 is 12.5. The summed E-state index contributed by atoms with van der Waals surface area (Å²) < 4.78 is 21.5. The number of aryl methyl sites for hydroxylation is 1. The van der Waals surface area contributed by atoms with E-state index in [-0.39, 0.29) is 29.0 Å². The minimum Gasteiger partial charge on any atom is -0.420 e. The lowest BCUT2D eigenvalue weighted by Gasteiger charge is -2.17. The van der Waals surface area contributed by atoms with Crippen LogP contribution in [0.5, 0.6) is 5.75 Å². The topological polar surface area (TPSA) is 85.8 Å². The van der Waals surface area contributed by atoms with Crippen molar-refractivity contribution in [3.05, 3.63) is 61.8 Å². The number of hydrogen-bond acceptors (Lipinski definition) is 5. The van der Waals surface area contributed by atoms with Crippen molar-refractivity contribution in [2.45, 2.75) is 25.7 Å². The molecule has 0 spiro atoms. The fourth-order valence-electron chi connectivity index (χ4n) is 3.16. The van der Waals surface area contributed by atoms with Crippen LogP contribution in [0.1, 0.15) is 24.1 Å². The molecule has 1 aromatic carbocycles. The first-order chi connectivity index (χ1) is 13.5. The van der Waals surface area contributed by atoms with E-state index in [0.717, 1.165) is 43.0 Å². The largest absolute Gasteiger partial charge is 0.420 e. The summed E-state index contributed by atoms with van der Waals surface area (Å²) in [5, 5.41) is 15.9. The van der Waals surface area contributed by atoms with Crippen molar-refractivity contribution < 1.29 is 14.2 Å². The third-order valence-electron chi connectivity index (χ3n) is 4.51. The van der Waals surface area contributed by atoms with Gasteiger partial charge in [-0.2, -0.15) is 5.10 Å². The molecule has 4 rings (SSSR count). The van der Waals surface area contributed by atoms with Gasteiger partial charge in [-0.15, -0.1) is 0 Å². The molecule has 1 aromatic heterocycles. The zero-order chi connectivity index (χ0) is 19.8. The van der Waals surface area contributed by atoms with E-state index in [1.807, 2.05) is 0 Å². The van der Waals surface area contributed by atoms with Crippen LogP contribution in [0.15, 0.2) is 29.4 Å². The second-order valence-electron chi connectivity index (χ2n) is 6.29. The highest BCUT2D eigenvalue weighted by molar-refractivity contribution is 6.32. The number of nitrogens with zero attached hydrogens (tertiary/aromatic N) is 5. The predicted molar refractivity (Wildman–Crippen MR) is 101 cm³/mol. The molecule has 2 aliphatic rings. The fraction of sp³-hybridized carbons (Fsp3) is 0.294. The van der Waals surface area contributed by atoms with Crippen LogP contribution < -0.4 is 4.74 Å². The van der Waals surface area contributed by atoms with E-state index in [2.05, 4.69) is 10.1 Å². The number of fused-ring (bicyclic) bond motifs is 1. The maximum Gasteiger partial charge on any atom is 0.358 e. The number of hydrogen-bond donors (Lipinski definition) is 0. The van der Waals surface area contributed by atoms with E-state index in [1.54, 1.807) is 0 Å². The SMILES string of the molecule is O=[N+]([O-])N1CC=CN=C1Oc1cc(-n2nc3c(c2Cl)CCCC3)c(F)cc1Cl. The lowest BCUT2D eigenvalue weighted by molar-refractivity contribution is -0.629. The molecule has 11 heteroatoms. The first-order valence-electron chi connectivity index (χ1n) is 8.54. The lowest BCUT2D eigenvalue weighted by atomic mass is 9.99. The van der Waals surface area contributed by atoms with Crippen LogP contribution in [-0.4, -0.2) is 32.4 Å². The van der Waals surface area contributed by atoms with Crippen LogP contribution in [0.4, 0.5) is 4.39 Å². The molecule has 1 aliphatic carbocycles. The summed E-state index contributed by atoms with van der Waals surface area (Å²) in [6.45, 7) is -0.0186. The molecule has 28 heavy (non-hydrogen) atoms. The van der Waals surface area contributed by atoms with Crippen LogP contribution in [0.25, 0.3) is 5.69 Å². The highest BCUT2D eigenvalue weighted by Crippen LogP contribution is 2.34. The third-order valence-corrected chi connectivity index (χ3v) is 5.20. The Balaban J connectivity index is 1.74. The van der Waals surface area contributed by atoms with Gasteiger partial charge in [-0.3, -0.25) is 0 Å². The van der Waals surface area contributed by atoms with Crippen molar-refractivity contribution in [1.29, 1.82) is 0 Å². The number of benzene rings is 1. The van der Waals surface area contributed by atoms with Crippen molar-refractivity contribution in [2.24, 2.45) is 4.99 Å². The molecule has 0 amide bonds. The molecule has 0 saturated carbocycles. The minimum absolute atomic E-state index is 0.00325. The number of aromatic nitrogens is 2. The molecular weight excluding hydrogens is 412 g/mol. The molecule has 2 aromatic rings. The molecule has 1 aliphatic heterocycles. The molecular formula is C17H14Cl2FN5O3. The average molecular weight is 426 g/mol. The van der Waals surface area contributed by atoms with Gasteiger partial charge in [0.1, 0.15) is 17.4 Å². The van der Waals surface area contributed by atoms with Gasteiger partial charge in [0, 0.05) is 17.8 Å². The van der Waals surface area contributed by atoms with Crippen LogP contribution in [0.2, 0.25) is 10.2 Å². The van der Waals surface area contributed by atoms with Gasteiger partial charge in [-0.05, 0) is 42.8 Å². The van der Waals surface area contributed by atoms with Gasteiger partial charge in [0.2, 0.25) is 0 Å². The normalized spacial score (nSPS) is 16.0. The van der Waals surface area contributed by atoms with Crippen molar-refractivity contribution in [2.75, 3.05) is 6.54 Å². The Morgan fingerprint density at radius 1 is 1.25 bits per heavy atom. The maximum absolute atomic E-state index is 14.6. The number of nitro groups is 1. The zero-order valence-electron chi connectivity index (χ0n) is 14.4. The molecule has 0 unspecified atom stereocenters. The summed E-state index contributed by atoms with van der Waals surface area (Å²) in [5.74, 6) is -0.640. The number of aliphatic imine (C=N–C) groups is 1. The van der Waals surface area contributed by atoms with Crippen LogP contribution in [0.3, 0.4) is 0 Å². The van der Waals surface area contributed by atoms with Crippen molar-refractivity contribution >= 4 is 29.2 Å². The lowest BCUT2D eigenvalue weighted by Crippen LogP contribution is -2.40. The van der Waals surface area contributed by atoms with Gasteiger partial charge in [0.15, 0.2) is 16.6 Å². The van der Waals surface area contributed by atoms with Crippen molar-refractivity contribution in [3.8, 4) is 11.4 Å². The van der Waals surface area contributed by atoms with E-state index in [0.29, 0.717) is 10.2 Å². The molecule has 0 bridgehead atoms. The Kier molecular flexibility index (Phi) is 4.94. The van der Waals surface area contributed by atoms with Crippen molar-refractivity contribution in [3.63, 3.8) is 0 Å². The number of halogens is 3. The minimum atomic E-state index is -0.654. The van der Waals surface area contributed by atoms with E-state index >= 15 is 0 Å². The highest BCUT2D eigenvalue weighted by Gasteiger charge is 2.27. The number of rotatable bonds is 3. The Hall–Kier alpha value is -2.65. The van der Waals surface area contributed by atoms with Gasteiger partial charge in [0.25, 0.3) is 0 Å². The van der Waals surface area contributed by atoms with Crippen LogP contribution in [-0.2, 0) is 12.8 Å². The van der Waals surface area contributed by atoms with Crippen molar-refractivity contribution in [1.82, 2.24) is 14.8 Å². The monoisotopic (exact) mass is 425 g/mol. The van der Waals surface area contributed by atoms with E-state index < -0.39 is 10.8 Å². The number of hydrazine groups is 1. The van der Waals surface area contributed by atoms with Gasteiger partial charge < -0.3 is 4.74 Å². The standard InChI is InChI=1S/C17H14Cl2FN5O3/c18-11-8-12(20)14(24-16(19)10-4-1-2-5-13(10)22-24)9-15(11)28-17-21-6-3-7-23(17)25(26)27/h3,6,8-9H,1-2,4-5,7H2. The maximum atomic E-state index is 14.6. The first-order valence-corrected chi connectivity index (χ1v) is 9.29. The van der Waals surface area contributed by atoms with Crippen LogP contribution >= 0.6 is 23.2 Å². The predicted octanol–water partition coefficient (Wildman–Crippen LogP) is 3.95. The molecule has 0 radical (unpaired) electrons. The summed E-state index contributed by atoms with van der Waals surface area (Å²) in [6, 6.07) is 2.08. The quantitative estimate of drug-likeness (QED) is 0.548. The fourth-order valence-corrected chi connectivity index (χ4v) is 3.68. The number of amidine groups is 1. The summed E-state index contributed by atoms with van der Waals surface area (Å²) in [5.41, 5.74) is 1.79.